The number of thioether (sulfide) groups is 1. The molecule has 0 spiro atoms. The second-order valence-corrected chi connectivity index (χ2v) is 2.84. The molecule has 0 radical (unpaired) electrons. The summed E-state index contributed by atoms with van der Waals surface area (Å²) >= 11 is 1.72. The molecule has 0 aliphatic rings. The smallest absolute Gasteiger partial charge is 0.341 e. The van der Waals surface area contributed by atoms with E-state index in [0.29, 0.717) is 0 Å². The average Bonchev–Trinajstić information content (AvgIpc) is 2.05. The van der Waals surface area contributed by atoms with E-state index in [9.17, 15) is 0 Å². The molecule has 0 bridgehead atoms. The maximum absolute atomic E-state index is 3.79. The van der Waals surface area contributed by atoms with E-state index in [1.165, 1.54) is 10.5 Å². The fraction of sp³-hybridized carbons (Fsp3) is 0.222. The Bertz CT molecular complexity index is 191. The Kier molecular flexibility index (Phi) is 8.11. The summed E-state index contributed by atoms with van der Waals surface area (Å²) in [5, 5.41) is 0. The predicted molar refractivity (Wildman–Crippen MR) is 46.1 cm³/mol. The number of hydrogen-bond acceptors (Lipinski definition) is 1. The zero-order valence-electron chi connectivity index (χ0n) is 7.05. The van der Waals surface area contributed by atoms with Gasteiger partial charge < -0.3 is 6.92 Å². The van der Waals surface area contributed by atoms with Crippen LogP contribution < -0.4 is 68.9 Å². The Morgan fingerprint density at radius 2 is 2.27 bits per heavy atom. The Morgan fingerprint density at radius 1 is 1.55 bits per heavy atom. The van der Waals surface area contributed by atoms with Gasteiger partial charge in [-0.2, -0.15) is 48.0 Å². The second-order valence-electron chi connectivity index (χ2n) is 1.99. The van der Waals surface area contributed by atoms with Crippen molar-refractivity contribution in [2.75, 3.05) is 6.26 Å². The molecule has 1 rings (SSSR count). The van der Waals surface area contributed by atoms with Crippen molar-refractivity contribution in [3.63, 3.8) is 0 Å². The van der Waals surface area contributed by atoms with Gasteiger partial charge in [0.1, 0.15) is 0 Å². The maximum Gasteiger partial charge on any atom is 1.00 e. The largest absolute Gasteiger partial charge is 1.00 e. The summed E-state index contributed by atoms with van der Waals surface area (Å²) in [6, 6.07) is 9.40. The number of benzene rings is 1. The van der Waals surface area contributed by atoms with Crippen molar-refractivity contribution < 1.29 is 68.9 Å². The normalized spacial score (nSPS) is 8.91. The molecule has 1 aromatic rings. The molecule has 0 amide bonds. The molecule has 0 saturated heterocycles. The molecule has 0 aliphatic heterocycles. The zero-order chi connectivity index (χ0) is 7.40. The van der Waals surface area contributed by atoms with Gasteiger partial charge in [-0.3, -0.25) is 0 Å². The van der Waals surface area contributed by atoms with Crippen LogP contribution in [0.4, 0.5) is 0 Å². The van der Waals surface area contributed by atoms with Crippen molar-refractivity contribution >= 4 is 11.8 Å². The van der Waals surface area contributed by atoms with Crippen LogP contribution >= 0.6 is 11.8 Å². The monoisotopic (exact) mass is 283 g/mol. The molecule has 0 aromatic heterocycles. The Labute approximate surface area is 132 Å². The molecule has 0 unspecified atom stereocenters. The molecular formula is C9H10CsS-. The average molecular weight is 283 g/mol. The summed E-state index contributed by atoms with van der Waals surface area (Å²) in [5.74, 6) is 0. The summed E-state index contributed by atoms with van der Waals surface area (Å²) in [6.07, 6.45) is 2.88. The summed E-state index contributed by atoms with van der Waals surface area (Å²) < 4.78 is 0. The number of rotatable bonds is 2. The third-order valence-corrected chi connectivity index (χ3v) is 2.00. The molecule has 0 fully saturated rings. The third-order valence-electron chi connectivity index (χ3n) is 1.32. The van der Waals surface area contributed by atoms with Crippen LogP contribution in [-0.2, 0) is 6.42 Å². The van der Waals surface area contributed by atoms with Crippen LogP contribution in [0.25, 0.3) is 0 Å². The van der Waals surface area contributed by atoms with Crippen LogP contribution in [0.2, 0.25) is 0 Å². The molecule has 0 nitrogen and oxygen atoms in total. The van der Waals surface area contributed by atoms with Crippen LogP contribution in [0.1, 0.15) is 5.56 Å². The van der Waals surface area contributed by atoms with Gasteiger partial charge in [-0.05, 0) is 6.26 Å². The van der Waals surface area contributed by atoms with Gasteiger partial charge in [-0.25, -0.2) is 0 Å². The molecule has 0 saturated carbocycles. The molecule has 0 atom stereocenters. The summed E-state index contributed by atoms with van der Waals surface area (Å²) in [5.41, 5.74) is 1.19. The molecule has 0 aliphatic carbocycles. The standard InChI is InChI=1S/C9H10S.Cs/c1-3-8-5-4-6-9(7-8)10-2;/h4-6H,1,3H2,2H3;/q-2;+1. The fourth-order valence-electron chi connectivity index (χ4n) is 0.758. The summed E-state index contributed by atoms with van der Waals surface area (Å²) in [7, 11) is 0. The molecule has 0 N–H and O–H groups in total. The van der Waals surface area contributed by atoms with Gasteiger partial charge in [0.2, 0.25) is 0 Å². The van der Waals surface area contributed by atoms with Gasteiger partial charge in [0, 0.05) is 0 Å². The van der Waals surface area contributed by atoms with E-state index >= 15 is 0 Å². The third kappa shape index (κ3) is 4.41. The van der Waals surface area contributed by atoms with E-state index < -0.39 is 0 Å². The summed E-state index contributed by atoms with van der Waals surface area (Å²) in [6.45, 7) is 3.79. The Balaban J connectivity index is 0.000001000. The predicted octanol–water partition coefficient (Wildman–Crippen LogP) is -0.411. The van der Waals surface area contributed by atoms with Crippen LogP contribution in [0.3, 0.4) is 0 Å². The molecule has 1 aromatic carbocycles. The topological polar surface area (TPSA) is 0 Å². The van der Waals surface area contributed by atoms with E-state index in [1.807, 2.05) is 12.1 Å². The van der Waals surface area contributed by atoms with Gasteiger partial charge in [-0.1, -0.05) is 0 Å². The van der Waals surface area contributed by atoms with Crippen molar-refractivity contribution in [3.8, 4) is 0 Å². The van der Waals surface area contributed by atoms with E-state index in [4.69, 9.17) is 0 Å². The first-order valence-electron chi connectivity index (χ1n) is 3.21. The first-order valence-corrected chi connectivity index (χ1v) is 4.43. The van der Waals surface area contributed by atoms with Crippen LogP contribution in [-0.4, -0.2) is 6.26 Å². The van der Waals surface area contributed by atoms with Gasteiger partial charge in [0.15, 0.2) is 0 Å². The minimum atomic E-state index is 0. The minimum absolute atomic E-state index is 0. The first kappa shape index (κ1) is 12.6. The van der Waals surface area contributed by atoms with Crippen LogP contribution in [0, 0.1) is 13.0 Å². The molecule has 11 heavy (non-hydrogen) atoms. The van der Waals surface area contributed by atoms with Gasteiger partial charge in [0.25, 0.3) is 0 Å². The van der Waals surface area contributed by atoms with Crippen molar-refractivity contribution in [1.82, 2.24) is 0 Å². The molecule has 0 heterocycles. The quantitative estimate of drug-likeness (QED) is 0.525. The van der Waals surface area contributed by atoms with Crippen molar-refractivity contribution in [1.29, 1.82) is 0 Å². The Hall–Kier alpha value is 1.62. The van der Waals surface area contributed by atoms with E-state index in [-0.39, 0.29) is 68.9 Å². The zero-order valence-corrected chi connectivity index (χ0v) is 14.2. The van der Waals surface area contributed by atoms with Gasteiger partial charge in [0.05, 0.1) is 0 Å². The van der Waals surface area contributed by atoms with Crippen molar-refractivity contribution in [2.45, 2.75) is 11.3 Å². The van der Waals surface area contributed by atoms with E-state index in [1.54, 1.807) is 11.8 Å². The van der Waals surface area contributed by atoms with E-state index in [0.717, 1.165) is 6.42 Å². The van der Waals surface area contributed by atoms with Crippen molar-refractivity contribution in [3.05, 3.63) is 36.8 Å². The maximum atomic E-state index is 3.79. The van der Waals surface area contributed by atoms with Crippen LogP contribution in [0.5, 0.6) is 0 Å². The Morgan fingerprint density at radius 3 is 2.82 bits per heavy atom. The fourth-order valence-corrected chi connectivity index (χ4v) is 1.21. The van der Waals surface area contributed by atoms with Gasteiger partial charge >= 0.3 is 68.9 Å². The van der Waals surface area contributed by atoms with Crippen molar-refractivity contribution in [2.24, 2.45) is 0 Å². The SMILES string of the molecule is [CH2-]Cc1[c-]c(SC)ccc1.[Cs+]. The van der Waals surface area contributed by atoms with Gasteiger partial charge in [-0.15, -0.1) is 4.90 Å². The number of hydrogen-bond donors (Lipinski definition) is 0. The first-order chi connectivity index (χ1) is 4.86. The molecular weight excluding hydrogens is 273 g/mol. The summed E-state index contributed by atoms with van der Waals surface area (Å²) in [4.78, 5) is 1.20. The van der Waals surface area contributed by atoms with Crippen LogP contribution in [0.15, 0.2) is 23.1 Å². The minimum Gasteiger partial charge on any atom is -0.341 e. The molecule has 54 valence electrons. The molecule has 2 heteroatoms. The second kappa shape index (κ2) is 7.07. The van der Waals surface area contributed by atoms with E-state index in [2.05, 4.69) is 25.3 Å².